The van der Waals surface area contributed by atoms with Crippen molar-refractivity contribution in [3.63, 3.8) is 0 Å². The zero-order valence-corrected chi connectivity index (χ0v) is 18.6. The number of carbonyl (C=O) groups excluding carboxylic acids is 1. The number of rotatable bonds is 12. The molecule has 168 valence electrons. The number of aliphatic imine (C=N–C) groups is 1. The Bertz CT molecular complexity index is 792. The van der Waals surface area contributed by atoms with E-state index in [1.54, 1.807) is 6.26 Å². The summed E-state index contributed by atoms with van der Waals surface area (Å²) in [6.45, 7) is 4.95. The summed E-state index contributed by atoms with van der Waals surface area (Å²) in [5.74, 6) is 2.06. The van der Waals surface area contributed by atoms with Gasteiger partial charge in [0, 0.05) is 64.8 Å². The lowest BCUT2D eigenvalue weighted by Gasteiger charge is -2.20. The lowest BCUT2D eigenvalue weighted by molar-refractivity contribution is -0.127. The molecule has 2 heterocycles. The molecule has 2 N–H and O–H groups in total. The minimum absolute atomic E-state index is 0.279. The Hall–Kier alpha value is -2.96. The van der Waals surface area contributed by atoms with Crippen molar-refractivity contribution in [2.75, 3.05) is 51.2 Å². The van der Waals surface area contributed by atoms with E-state index in [0.717, 1.165) is 70.1 Å². The lowest BCUT2D eigenvalue weighted by Crippen LogP contribution is -2.40. The summed E-state index contributed by atoms with van der Waals surface area (Å²) in [7, 11) is 2.12. The number of hydrogen-bond acceptors (Lipinski definition) is 4. The van der Waals surface area contributed by atoms with Crippen LogP contribution in [0.2, 0.25) is 0 Å². The highest BCUT2D eigenvalue weighted by Crippen LogP contribution is 2.11. The molecule has 1 aliphatic heterocycles. The van der Waals surface area contributed by atoms with Crippen LogP contribution in [0.25, 0.3) is 0 Å². The van der Waals surface area contributed by atoms with Crippen LogP contribution in [-0.2, 0) is 11.2 Å². The zero-order chi connectivity index (χ0) is 21.7. The van der Waals surface area contributed by atoms with Gasteiger partial charge in [-0.2, -0.15) is 0 Å². The van der Waals surface area contributed by atoms with Gasteiger partial charge in [-0.1, -0.05) is 18.2 Å². The molecule has 1 aromatic carbocycles. The SMILES string of the molecule is CN(CCCNC(=NCCCN1CCCC1=O)NCCc1ccco1)c1ccccc1. The molecule has 3 rings (SSSR count). The van der Waals surface area contributed by atoms with Gasteiger partial charge >= 0.3 is 0 Å². The third-order valence-corrected chi connectivity index (χ3v) is 5.43. The van der Waals surface area contributed by atoms with Gasteiger partial charge in [-0.05, 0) is 43.5 Å². The van der Waals surface area contributed by atoms with Crippen molar-refractivity contribution < 1.29 is 9.21 Å². The molecule has 1 saturated heterocycles. The van der Waals surface area contributed by atoms with E-state index >= 15 is 0 Å². The van der Waals surface area contributed by atoms with Gasteiger partial charge in [-0.25, -0.2) is 0 Å². The second-order valence-corrected chi connectivity index (χ2v) is 7.86. The maximum absolute atomic E-state index is 11.7. The molecule has 0 aliphatic carbocycles. The average molecular weight is 426 g/mol. The van der Waals surface area contributed by atoms with Crippen LogP contribution in [0.3, 0.4) is 0 Å². The van der Waals surface area contributed by atoms with Crippen LogP contribution in [0.15, 0.2) is 58.1 Å². The first kappa shape index (κ1) is 22.7. The number of hydrogen-bond donors (Lipinski definition) is 2. The summed E-state index contributed by atoms with van der Waals surface area (Å²) in [5, 5.41) is 6.84. The molecule has 1 aromatic heterocycles. The first-order valence-corrected chi connectivity index (χ1v) is 11.3. The second kappa shape index (κ2) is 12.7. The van der Waals surface area contributed by atoms with E-state index in [-0.39, 0.29) is 5.91 Å². The molecule has 0 unspecified atom stereocenters. The van der Waals surface area contributed by atoms with Gasteiger partial charge in [0.25, 0.3) is 0 Å². The van der Waals surface area contributed by atoms with Crippen LogP contribution < -0.4 is 15.5 Å². The van der Waals surface area contributed by atoms with Gasteiger partial charge in [0.05, 0.1) is 6.26 Å². The number of para-hydroxylation sites is 1. The Morgan fingerprint density at radius 1 is 1.13 bits per heavy atom. The normalized spacial score (nSPS) is 14.2. The Kier molecular flexibility index (Phi) is 9.29. The van der Waals surface area contributed by atoms with Gasteiger partial charge in [0.2, 0.25) is 5.91 Å². The van der Waals surface area contributed by atoms with Crippen molar-refractivity contribution >= 4 is 17.6 Å². The Morgan fingerprint density at radius 3 is 2.71 bits per heavy atom. The summed E-state index contributed by atoms with van der Waals surface area (Å²) in [5.41, 5.74) is 1.23. The number of furan rings is 1. The Morgan fingerprint density at radius 2 is 1.97 bits per heavy atom. The summed E-state index contributed by atoms with van der Waals surface area (Å²) in [4.78, 5) is 20.7. The minimum atomic E-state index is 0.279. The van der Waals surface area contributed by atoms with Gasteiger partial charge in [-0.3, -0.25) is 9.79 Å². The third kappa shape index (κ3) is 8.00. The van der Waals surface area contributed by atoms with Gasteiger partial charge in [0.15, 0.2) is 5.96 Å². The molecule has 31 heavy (non-hydrogen) atoms. The maximum Gasteiger partial charge on any atom is 0.222 e. The van der Waals surface area contributed by atoms with Crippen molar-refractivity contribution in [3.05, 3.63) is 54.5 Å². The number of nitrogens with one attached hydrogen (secondary N) is 2. The first-order chi connectivity index (χ1) is 15.2. The number of carbonyl (C=O) groups is 1. The summed E-state index contributed by atoms with van der Waals surface area (Å²) in [6, 6.07) is 14.3. The molecule has 1 amide bonds. The number of nitrogens with zero attached hydrogens (tertiary/aromatic N) is 3. The standard InChI is InChI=1S/C24H35N5O2/c1-28(21-9-3-2-4-10-21)17-7-14-25-24(27-16-13-22-11-6-20-31-22)26-15-8-19-29-18-5-12-23(29)30/h2-4,6,9-11,20H,5,7-8,12-19H2,1H3,(H2,25,26,27). The number of likely N-dealkylation sites (tertiary alicyclic amines) is 1. The molecule has 0 bridgehead atoms. The van der Waals surface area contributed by atoms with E-state index in [1.165, 1.54) is 5.69 Å². The zero-order valence-electron chi connectivity index (χ0n) is 18.6. The van der Waals surface area contributed by atoms with E-state index in [2.05, 4.69) is 46.8 Å². The van der Waals surface area contributed by atoms with Crippen molar-refractivity contribution in [2.24, 2.45) is 4.99 Å². The van der Waals surface area contributed by atoms with Crippen LogP contribution in [0, 0.1) is 0 Å². The van der Waals surface area contributed by atoms with E-state index in [4.69, 9.17) is 9.41 Å². The molecular weight excluding hydrogens is 390 g/mol. The molecule has 0 atom stereocenters. The van der Waals surface area contributed by atoms with Crippen molar-refractivity contribution in [3.8, 4) is 0 Å². The van der Waals surface area contributed by atoms with E-state index in [1.807, 2.05) is 23.1 Å². The fourth-order valence-corrected chi connectivity index (χ4v) is 3.66. The van der Waals surface area contributed by atoms with Crippen LogP contribution in [0.4, 0.5) is 5.69 Å². The average Bonchev–Trinajstić information content (AvgIpc) is 3.46. The van der Waals surface area contributed by atoms with E-state index < -0.39 is 0 Å². The maximum atomic E-state index is 11.7. The van der Waals surface area contributed by atoms with Crippen molar-refractivity contribution in [2.45, 2.75) is 32.1 Å². The monoisotopic (exact) mass is 425 g/mol. The highest BCUT2D eigenvalue weighted by Gasteiger charge is 2.18. The lowest BCUT2D eigenvalue weighted by atomic mass is 10.3. The predicted octanol–water partition coefficient (Wildman–Crippen LogP) is 2.90. The fourth-order valence-electron chi connectivity index (χ4n) is 3.66. The Labute approximate surface area is 185 Å². The van der Waals surface area contributed by atoms with Gasteiger partial charge in [-0.15, -0.1) is 0 Å². The van der Waals surface area contributed by atoms with E-state index in [9.17, 15) is 4.79 Å². The number of amides is 1. The quantitative estimate of drug-likeness (QED) is 0.311. The van der Waals surface area contributed by atoms with Gasteiger partial charge in [0.1, 0.15) is 5.76 Å². The smallest absolute Gasteiger partial charge is 0.222 e. The predicted molar refractivity (Wildman–Crippen MR) is 125 cm³/mol. The highest BCUT2D eigenvalue weighted by atomic mass is 16.3. The molecule has 2 aromatic rings. The molecule has 0 saturated carbocycles. The molecule has 1 fully saturated rings. The van der Waals surface area contributed by atoms with Crippen LogP contribution in [-0.4, -0.2) is 63.1 Å². The van der Waals surface area contributed by atoms with Crippen molar-refractivity contribution in [1.82, 2.24) is 15.5 Å². The first-order valence-electron chi connectivity index (χ1n) is 11.3. The summed E-state index contributed by atoms with van der Waals surface area (Å²) < 4.78 is 5.40. The minimum Gasteiger partial charge on any atom is -0.469 e. The number of guanidine groups is 1. The fraction of sp³-hybridized carbons (Fsp3) is 0.500. The third-order valence-electron chi connectivity index (χ3n) is 5.43. The molecule has 0 spiro atoms. The molecule has 0 radical (unpaired) electrons. The Balaban J connectivity index is 1.40. The molecule has 1 aliphatic rings. The summed E-state index contributed by atoms with van der Waals surface area (Å²) in [6.07, 6.45) is 6.08. The van der Waals surface area contributed by atoms with Crippen LogP contribution in [0.5, 0.6) is 0 Å². The van der Waals surface area contributed by atoms with Crippen molar-refractivity contribution in [1.29, 1.82) is 0 Å². The second-order valence-electron chi connectivity index (χ2n) is 7.86. The van der Waals surface area contributed by atoms with E-state index in [0.29, 0.717) is 13.0 Å². The number of anilines is 1. The topological polar surface area (TPSA) is 73.1 Å². The molecular formula is C24H35N5O2. The summed E-state index contributed by atoms with van der Waals surface area (Å²) >= 11 is 0. The van der Waals surface area contributed by atoms with Crippen LogP contribution in [0.1, 0.15) is 31.4 Å². The van der Waals surface area contributed by atoms with Crippen LogP contribution >= 0.6 is 0 Å². The highest BCUT2D eigenvalue weighted by molar-refractivity contribution is 5.79. The molecule has 7 nitrogen and oxygen atoms in total. The molecule has 7 heteroatoms. The number of benzene rings is 1. The van der Waals surface area contributed by atoms with Gasteiger partial charge < -0.3 is 24.9 Å². The largest absolute Gasteiger partial charge is 0.469 e.